The highest BCUT2D eigenvalue weighted by Gasteiger charge is 2.19. The predicted molar refractivity (Wildman–Crippen MR) is 108 cm³/mol. The molecule has 0 atom stereocenters. The Morgan fingerprint density at radius 2 is 1.79 bits per heavy atom. The summed E-state index contributed by atoms with van der Waals surface area (Å²) in [6.07, 6.45) is 2.21. The molecule has 7 heteroatoms. The third kappa shape index (κ3) is 3.59. The number of rotatable bonds is 5. The molecule has 7 nitrogen and oxygen atoms in total. The van der Waals surface area contributed by atoms with Crippen LogP contribution in [-0.2, 0) is 0 Å². The van der Waals surface area contributed by atoms with Gasteiger partial charge in [0.15, 0.2) is 0 Å². The molecule has 3 aromatic rings. The van der Waals surface area contributed by atoms with Crippen molar-refractivity contribution in [2.45, 2.75) is 12.8 Å². The van der Waals surface area contributed by atoms with Crippen molar-refractivity contribution in [1.29, 1.82) is 0 Å². The molecule has 0 spiro atoms. The summed E-state index contributed by atoms with van der Waals surface area (Å²) in [7, 11) is 0. The molecule has 0 aliphatic carbocycles. The number of aromatic amines is 1. The van der Waals surface area contributed by atoms with Gasteiger partial charge in [0.2, 0.25) is 5.91 Å². The Morgan fingerprint density at radius 1 is 1.04 bits per heavy atom. The topological polar surface area (TPSA) is 104 Å². The van der Waals surface area contributed by atoms with Crippen molar-refractivity contribution in [3.8, 4) is 11.3 Å². The zero-order valence-corrected chi connectivity index (χ0v) is 15.3. The van der Waals surface area contributed by atoms with Crippen LogP contribution in [-0.4, -0.2) is 35.1 Å². The molecule has 28 heavy (non-hydrogen) atoms. The number of anilines is 2. The van der Waals surface area contributed by atoms with Gasteiger partial charge in [0.25, 0.3) is 5.91 Å². The van der Waals surface area contributed by atoms with Crippen molar-refractivity contribution in [2.75, 3.05) is 23.3 Å². The van der Waals surface area contributed by atoms with E-state index in [2.05, 4.69) is 20.4 Å². The minimum Gasteiger partial charge on any atom is -0.370 e. The first-order valence-corrected chi connectivity index (χ1v) is 9.23. The number of benzene rings is 2. The molecule has 1 saturated heterocycles. The van der Waals surface area contributed by atoms with E-state index in [9.17, 15) is 9.59 Å². The lowest BCUT2D eigenvalue weighted by molar-refractivity contribution is 0.0995. The Kier molecular flexibility index (Phi) is 4.80. The van der Waals surface area contributed by atoms with Crippen molar-refractivity contribution < 1.29 is 9.59 Å². The summed E-state index contributed by atoms with van der Waals surface area (Å²) in [4.78, 5) is 26.6. The molecule has 1 aliphatic heterocycles. The summed E-state index contributed by atoms with van der Waals surface area (Å²) >= 11 is 0. The Labute approximate surface area is 162 Å². The average molecular weight is 375 g/mol. The highest BCUT2D eigenvalue weighted by molar-refractivity contribution is 6.06. The number of aromatic nitrogens is 2. The van der Waals surface area contributed by atoms with E-state index in [0.29, 0.717) is 22.6 Å². The van der Waals surface area contributed by atoms with Gasteiger partial charge in [-0.3, -0.25) is 14.7 Å². The number of H-pyrrole nitrogens is 1. The van der Waals surface area contributed by atoms with E-state index in [-0.39, 0.29) is 5.91 Å². The molecule has 2 amide bonds. The Balaban J connectivity index is 1.61. The molecule has 1 aliphatic rings. The summed E-state index contributed by atoms with van der Waals surface area (Å²) in [5, 5.41) is 9.91. The van der Waals surface area contributed by atoms with Gasteiger partial charge < -0.3 is 16.0 Å². The molecular weight excluding hydrogens is 354 g/mol. The summed E-state index contributed by atoms with van der Waals surface area (Å²) in [6, 6.07) is 16.5. The number of hydrogen-bond donors (Lipinski definition) is 3. The largest absolute Gasteiger partial charge is 0.370 e. The van der Waals surface area contributed by atoms with Crippen molar-refractivity contribution in [1.82, 2.24) is 10.2 Å². The van der Waals surface area contributed by atoms with Gasteiger partial charge in [-0.1, -0.05) is 30.3 Å². The smallest absolute Gasteiger partial charge is 0.273 e. The van der Waals surface area contributed by atoms with E-state index in [1.807, 2.05) is 36.4 Å². The van der Waals surface area contributed by atoms with Crippen LogP contribution < -0.4 is 16.0 Å². The van der Waals surface area contributed by atoms with Crippen LogP contribution in [0.2, 0.25) is 0 Å². The first-order valence-electron chi connectivity index (χ1n) is 9.23. The lowest BCUT2D eigenvalue weighted by Gasteiger charge is -2.22. The number of nitrogens with two attached hydrogens (primary N) is 1. The summed E-state index contributed by atoms with van der Waals surface area (Å²) < 4.78 is 0. The molecule has 2 heterocycles. The molecule has 2 aromatic carbocycles. The van der Waals surface area contributed by atoms with Crippen LogP contribution in [0, 0.1) is 0 Å². The molecular formula is C21H21N5O2. The van der Waals surface area contributed by atoms with Crippen LogP contribution in [0.5, 0.6) is 0 Å². The fraction of sp³-hybridized carbons (Fsp3) is 0.190. The van der Waals surface area contributed by atoms with Crippen molar-refractivity contribution in [2.24, 2.45) is 5.73 Å². The zero-order chi connectivity index (χ0) is 19.5. The molecule has 0 bridgehead atoms. The summed E-state index contributed by atoms with van der Waals surface area (Å²) in [6.45, 7) is 1.84. The Morgan fingerprint density at radius 3 is 2.50 bits per heavy atom. The maximum absolute atomic E-state index is 12.8. The zero-order valence-electron chi connectivity index (χ0n) is 15.3. The maximum atomic E-state index is 12.8. The lowest BCUT2D eigenvalue weighted by Crippen LogP contribution is -2.22. The number of amides is 2. The second kappa shape index (κ2) is 7.56. The third-order valence-corrected chi connectivity index (χ3v) is 4.87. The fourth-order valence-corrected chi connectivity index (χ4v) is 3.41. The second-order valence-corrected chi connectivity index (χ2v) is 6.78. The van der Waals surface area contributed by atoms with Crippen molar-refractivity contribution in [3.63, 3.8) is 0 Å². The van der Waals surface area contributed by atoms with Gasteiger partial charge in [-0.25, -0.2) is 0 Å². The lowest BCUT2D eigenvalue weighted by atomic mass is 10.1. The number of hydrogen-bond acceptors (Lipinski definition) is 4. The van der Waals surface area contributed by atoms with Crippen LogP contribution in [0.4, 0.5) is 11.4 Å². The van der Waals surface area contributed by atoms with Crippen LogP contribution in [0.3, 0.4) is 0 Å². The van der Waals surface area contributed by atoms with E-state index in [4.69, 9.17) is 5.73 Å². The van der Waals surface area contributed by atoms with Gasteiger partial charge in [-0.15, -0.1) is 0 Å². The van der Waals surface area contributed by atoms with Gasteiger partial charge in [0, 0.05) is 24.2 Å². The van der Waals surface area contributed by atoms with Crippen LogP contribution in [0.25, 0.3) is 11.3 Å². The summed E-state index contributed by atoms with van der Waals surface area (Å²) in [5.41, 5.74) is 9.18. The highest BCUT2D eigenvalue weighted by Crippen LogP contribution is 2.30. The quantitative estimate of drug-likeness (QED) is 0.637. The number of nitrogens with zero attached hydrogens (tertiary/aromatic N) is 2. The third-order valence-electron chi connectivity index (χ3n) is 4.87. The number of carbonyl (C=O) groups is 2. The molecule has 1 aromatic heterocycles. The monoisotopic (exact) mass is 375 g/mol. The molecule has 0 saturated carbocycles. The van der Waals surface area contributed by atoms with E-state index in [0.717, 1.165) is 37.2 Å². The first-order chi connectivity index (χ1) is 13.6. The fourth-order valence-electron chi connectivity index (χ4n) is 3.41. The SMILES string of the molecule is NC(=O)c1ccc(N2CCCC2)c(NC(=O)c2cc(-c3ccccc3)n[nH]2)c1. The standard InChI is InChI=1S/C21H21N5O2/c22-20(27)15-8-9-19(26-10-4-5-11-26)17(12-15)23-21(28)18-13-16(24-25-18)14-6-2-1-3-7-14/h1-3,6-9,12-13H,4-5,10-11H2,(H2,22,27)(H,23,28)(H,24,25). The molecule has 0 unspecified atom stereocenters. The molecule has 4 N–H and O–H groups in total. The molecule has 4 rings (SSSR count). The van der Waals surface area contributed by atoms with Gasteiger partial charge in [-0.2, -0.15) is 5.10 Å². The van der Waals surface area contributed by atoms with Crippen molar-refractivity contribution in [3.05, 3.63) is 65.9 Å². The van der Waals surface area contributed by atoms with E-state index < -0.39 is 5.91 Å². The number of nitrogens with one attached hydrogen (secondary N) is 2. The predicted octanol–water partition coefficient (Wildman–Crippen LogP) is 3.03. The second-order valence-electron chi connectivity index (χ2n) is 6.78. The van der Waals surface area contributed by atoms with Gasteiger partial charge in [0.05, 0.1) is 17.1 Å². The van der Waals surface area contributed by atoms with Gasteiger partial charge in [0.1, 0.15) is 5.69 Å². The highest BCUT2D eigenvalue weighted by atomic mass is 16.2. The van der Waals surface area contributed by atoms with Gasteiger partial charge >= 0.3 is 0 Å². The molecule has 1 fully saturated rings. The molecule has 0 radical (unpaired) electrons. The minimum absolute atomic E-state index is 0.322. The Hall–Kier alpha value is -3.61. The normalized spacial score (nSPS) is 13.5. The first kappa shape index (κ1) is 17.8. The van der Waals surface area contributed by atoms with E-state index in [1.165, 1.54) is 0 Å². The summed E-state index contributed by atoms with van der Waals surface area (Å²) in [5.74, 6) is -0.854. The number of carbonyl (C=O) groups excluding carboxylic acids is 2. The molecule has 142 valence electrons. The van der Waals surface area contributed by atoms with Crippen LogP contribution >= 0.6 is 0 Å². The van der Waals surface area contributed by atoms with Crippen LogP contribution in [0.1, 0.15) is 33.7 Å². The van der Waals surface area contributed by atoms with Crippen molar-refractivity contribution >= 4 is 23.2 Å². The van der Waals surface area contributed by atoms with Crippen LogP contribution in [0.15, 0.2) is 54.6 Å². The van der Waals surface area contributed by atoms with Gasteiger partial charge in [-0.05, 0) is 37.1 Å². The average Bonchev–Trinajstić information content (AvgIpc) is 3.41. The Bertz CT molecular complexity index is 1010. The maximum Gasteiger partial charge on any atom is 0.273 e. The minimum atomic E-state index is -0.531. The van der Waals surface area contributed by atoms with E-state index >= 15 is 0 Å². The number of primary amides is 1. The van der Waals surface area contributed by atoms with E-state index in [1.54, 1.807) is 18.2 Å².